The molecule has 2 heterocycles. The van der Waals surface area contributed by atoms with Gasteiger partial charge >= 0.3 is 0 Å². The van der Waals surface area contributed by atoms with Crippen molar-refractivity contribution >= 4 is 15.9 Å². The Kier molecular flexibility index (Phi) is 2.86. The molecule has 0 aromatic carbocycles. The highest BCUT2D eigenvalue weighted by molar-refractivity contribution is 9.09. The van der Waals surface area contributed by atoms with E-state index in [2.05, 4.69) is 34.8 Å². The molecule has 1 aliphatic rings. The Labute approximate surface area is 99.2 Å². The van der Waals surface area contributed by atoms with Gasteiger partial charge in [0.2, 0.25) is 0 Å². The number of nitrogens with zero attached hydrogens (tertiary/aromatic N) is 1. The highest BCUT2D eigenvalue weighted by Gasteiger charge is 2.44. The van der Waals surface area contributed by atoms with Crippen molar-refractivity contribution in [1.82, 2.24) is 4.98 Å². The topological polar surface area (TPSA) is 22.1 Å². The van der Waals surface area contributed by atoms with Gasteiger partial charge in [-0.3, -0.25) is 4.98 Å². The molecule has 1 aromatic rings. The molecule has 15 heavy (non-hydrogen) atoms. The molecule has 0 bridgehead atoms. The average molecular weight is 270 g/mol. The molecule has 2 unspecified atom stereocenters. The molecule has 0 radical (unpaired) electrons. The van der Waals surface area contributed by atoms with Crippen molar-refractivity contribution < 1.29 is 4.74 Å². The first-order valence-corrected chi connectivity index (χ1v) is 6.38. The van der Waals surface area contributed by atoms with Gasteiger partial charge in [0.15, 0.2) is 0 Å². The normalized spacial score (nSPS) is 35.7. The van der Waals surface area contributed by atoms with Crippen LogP contribution in [0.5, 0.6) is 0 Å². The first kappa shape index (κ1) is 11.1. The summed E-state index contributed by atoms with van der Waals surface area (Å²) < 4.78 is 6.16. The molecule has 2 nitrogen and oxygen atoms in total. The van der Waals surface area contributed by atoms with Crippen LogP contribution in [0, 0.1) is 0 Å². The van der Waals surface area contributed by atoms with E-state index in [9.17, 15) is 0 Å². The van der Waals surface area contributed by atoms with Crippen LogP contribution in [0.1, 0.15) is 32.4 Å². The van der Waals surface area contributed by atoms with E-state index in [1.54, 1.807) is 0 Å². The van der Waals surface area contributed by atoms with Crippen LogP contribution in [0.15, 0.2) is 24.4 Å². The molecule has 0 amide bonds. The van der Waals surface area contributed by atoms with Gasteiger partial charge in [0.1, 0.15) is 5.60 Å². The molecule has 0 saturated carbocycles. The van der Waals surface area contributed by atoms with E-state index in [1.165, 1.54) is 0 Å². The van der Waals surface area contributed by atoms with Crippen molar-refractivity contribution in [1.29, 1.82) is 0 Å². The number of alkyl halides is 1. The second-order valence-electron chi connectivity index (χ2n) is 4.63. The maximum atomic E-state index is 6.16. The van der Waals surface area contributed by atoms with Crippen molar-refractivity contribution in [3.8, 4) is 0 Å². The third kappa shape index (κ3) is 2.08. The van der Waals surface area contributed by atoms with Crippen LogP contribution < -0.4 is 0 Å². The summed E-state index contributed by atoms with van der Waals surface area (Å²) in [7, 11) is 0. The minimum absolute atomic E-state index is 0.0493. The number of hydrogen-bond donors (Lipinski definition) is 0. The lowest BCUT2D eigenvalue weighted by atomic mass is 9.96. The fourth-order valence-corrected chi connectivity index (χ4v) is 2.49. The first-order valence-electron chi connectivity index (χ1n) is 5.26. The number of aromatic nitrogens is 1. The Balaban J connectivity index is 2.24. The van der Waals surface area contributed by atoms with Gasteiger partial charge in [-0.15, -0.1) is 0 Å². The van der Waals surface area contributed by atoms with Crippen molar-refractivity contribution in [2.75, 3.05) is 5.33 Å². The minimum atomic E-state index is -0.218. The van der Waals surface area contributed by atoms with E-state index in [-0.39, 0.29) is 11.2 Å². The molecule has 82 valence electrons. The van der Waals surface area contributed by atoms with Crippen LogP contribution in [-0.2, 0) is 10.3 Å². The monoisotopic (exact) mass is 269 g/mol. The lowest BCUT2D eigenvalue weighted by Gasteiger charge is -2.28. The summed E-state index contributed by atoms with van der Waals surface area (Å²) in [4.78, 5) is 4.39. The van der Waals surface area contributed by atoms with Crippen LogP contribution in [0.3, 0.4) is 0 Å². The Morgan fingerprint density at radius 3 is 2.73 bits per heavy atom. The van der Waals surface area contributed by atoms with Crippen LogP contribution >= 0.6 is 15.9 Å². The zero-order chi connectivity index (χ0) is 10.9. The average Bonchev–Trinajstić information content (AvgIpc) is 2.59. The summed E-state index contributed by atoms with van der Waals surface area (Å²) in [5.41, 5.74) is 0.769. The Morgan fingerprint density at radius 1 is 1.40 bits per heavy atom. The second-order valence-corrected chi connectivity index (χ2v) is 5.19. The van der Waals surface area contributed by atoms with Crippen LogP contribution in [0.25, 0.3) is 0 Å². The van der Waals surface area contributed by atoms with Gasteiger partial charge in [-0.05, 0) is 38.8 Å². The molecular weight excluding hydrogens is 254 g/mol. The Hall–Kier alpha value is -0.410. The van der Waals surface area contributed by atoms with Crippen molar-refractivity contribution in [3.63, 3.8) is 0 Å². The van der Waals surface area contributed by atoms with Crippen molar-refractivity contribution in [2.24, 2.45) is 0 Å². The van der Waals surface area contributed by atoms with Crippen LogP contribution in [0.2, 0.25) is 0 Å². The predicted molar refractivity (Wildman–Crippen MR) is 64.1 cm³/mol. The van der Waals surface area contributed by atoms with Crippen LogP contribution in [-0.4, -0.2) is 15.9 Å². The summed E-state index contributed by atoms with van der Waals surface area (Å²) in [6.45, 7) is 4.28. The van der Waals surface area contributed by atoms with E-state index in [4.69, 9.17) is 4.74 Å². The van der Waals surface area contributed by atoms with E-state index >= 15 is 0 Å². The zero-order valence-corrected chi connectivity index (χ0v) is 10.8. The largest absolute Gasteiger partial charge is 0.362 e. The smallest absolute Gasteiger partial charge is 0.108 e. The highest BCUT2D eigenvalue weighted by atomic mass is 79.9. The van der Waals surface area contributed by atoms with Gasteiger partial charge in [0.25, 0.3) is 0 Å². The van der Waals surface area contributed by atoms with E-state index < -0.39 is 0 Å². The quantitative estimate of drug-likeness (QED) is 0.769. The lowest BCUT2D eigenvalue weighted by molar-refractivity contribution is -0.0783. The summed E-state index contributed by atoms with van der Waals surface area (Å²) in [6, 6.07) is 5.99. The third-order valence-electron chi connectivity index (χ3n) is 3.09. The maximum absolute atomic E-state index is 6.16. The van der Waals surface area contributed by atoms with Gasteiger partial charge in [0, 0.05) is 11.5 Å². The van der Waals surface area contributed by atoms with E-state index in [0.29, 0.717) is 0 Å². The molecule has 2 rings (SSSR count). The molecule has 1 fully saturated rings. The number of rotatable bonds is 2. The summed E-state index contributed by atoms with van der Waals surface area (Å²) in [6.07, 6.45) is 3.94. The van der Waals surface area contributed by atoms with Gasteiger partial charge in [-0.25, -0.2) is 0 Å². The SMILES string of the molecule is CC1(CBr)CCC(C)(c2ccccn2)O1. The molecule has 2 atom stereocenters. The molecule has 3 heteroatoms. The lowest BCUT2D eigenvalue weighted by Crippen LogP contribution is -2.31. The number of hydrogen-bond acceptors (Lipinski definition) is 2. The third-order valence-corrected chi connectivity index (χ3v) is 4.28. The molecule has 1 saturated heterocycles. The summed E-state index contributed by atoms with van der Waals surface area (Å²) in [5.74, 6) is 0. The zero-order valence-electron chi connectivity index (χ0n) is 9.16. The van der Waals surface area contributed by atoms with Crippen molar-refractivity contribution in [3.05, 3.63) is 30.1 Å². The fraction of sp³-hybridized carbons (Fsp3) is 0.583. The van der Waals surface area contributed by atoms with Gasteiger partial charge in [0.05, 0.1) is 11.3 Å². The summed E-state index contributed by atoms with van der Waals surface area (Å²) in [5, 5.41) is 0.877. The molecular formula is C12H16BrNO. The fourth-order valence-electron chi connectivity index (χ4n) is 2.10. The number of pyridine rings is 1. The van der Waals surface area contributed by atoms with E-state index in [1.807, 2.05) is 24.4 Å². The second kappa shape index (κ2) is 3.87. The molecule has 0 aliphatic carbocycles. The van der Waals surface area contributed by atoms with Crippen LogP contribution in [0.4, 0.5) is 0 Å². The first-order chi connectivity index (χ1) is 7.08. The number of halogens is 1. The molecule has 0 spiro atoms. The molecule has 1 aliphatic heterocycles. The summed E-state index contributed by atoms with van der Waals surface area (Å²) >= 11 is 3.51. The van der Waals surface area contributed by atoms with Crippen molar-refractivity contribution in [2.45, 2.75) is 37.9 Å². The highest BCUT2D eigenvalue weighted by Crippen LogP contribution is 2.44. The molecule has 1 aromatic heterocycles. The maximum Gasteiger partial charge on any atom is 0.108 e. The van der Waals surface area contributed by atoms with Gasteiger partial charge in [-0.1, -0.05) is 22.0 Å². The van der Waals surface area contributed by atoms with Gasteiger partial charge in [-0.2, -0.15) is 0 Å². The standard InChI is InChI=1S/C12H16BrNO/c1-11(9-13)6-7-12(2,15-11)10-5-3-4-8-14-10/h3-5,8H,6-7,9H2,1-2H3. The Morgan fingerprint density at radius 2 is 2.20 bits per heavy atom. The molecule has 0 N–H and O–H groups in total. The Bertz CT molecular complexity index is 343. The van der Waals surface area contributed by atoms with Gasteiger partial charge < -0.3 is 4.74 Å². The van der Waals surface area contributed by atoms with E-state index in [0.717, 1.165) is 23.9 Å². The predicted octanol–water partition coefficient (Wildman–Crippen LogP) is 3.26. The number of ether oxygens (including phenoxy) is 1. The minimum Gasteiger partial charge on any atom is -0.362 e.